The minimum Gasteiger partial charge on any atom is -0.375 e. The van der Waals surface area contributed by atoms with Crippen LogP contribution in [0.15, 0.2) is 55.0 Å². The number of carbonyl (C=O) groups is 1. The van der Waals surface area contributed by atoms with Crippen LogP contribution in [-0.4, -0.2) is 58.9 Å². The molecule has 0 spiro atoms. The number of hydrogen-bond donors (Lipinski definition) is 1. The molecule has 0 unspecified atom stereocenters. The number of pyridine rings is 2. The van der Waals surface area contributed by atoms with E-state index in [-0.39, 0.29) is 12.2 Å². The second-order valence-corrected chi connectivity index (χ2v) is 9.16. The average molecular weight is 445 g/mol. The van der Waals surface area contributed by atoms with Crippen molar-refractivity contribution in [2.75, 3.05) is 43.9 Å². The van der Waals surface area contributed by atoms with Crippen LogP contribution in [0.25, 0.3) is 21.2 Å². The van der Waals surface area contributed by atoms with Gasteiger partial charge in [0.2, 0.25) is 0 Å². The number of piperazine rings is 1. The lowest BCUT2D eigenvalue weighted by Crippen LogP contribution is -2.44. The fourth-order valence-corrected chi connectivity index (χ4v) is 4.58. The van der Waals surface area contributed by atoms with Crippen LogP contribution in [0.2, 0.25) is 0 Å². The highest BCUT2D eigenvalue weighted by atomic mass is 32.1. The summed E-state index contributed by atoms with van der Waals surface area (Å²) in [6, 6.07) is 11.9. The third kappa shape index (κ3) is 4.32. The fraction of sp³-hybridized carbons (Fsp3) is 0.250. The van der Waals surface area contributed by atoms with Crippen LogP contribution in [0.4, 0.5) is 10.9 Å². The molecule has 0 bridgehead atoms. The summed E-state index contributed by atoms with van der Waals surface area (Å²) in [5.41, 5.74) is 8.18. The lowest BCUT2D eigenvalue weighted by molar-refractivity contribution is 0.0991. The molecule has 0 saturated carbocycles. The molecule has 7 nitrogen and oxygen atoms in total. The average Bonchev–Trinajstić information content (AvgIpc) is 3.25. The number of rotatable bonds is 5. The molecular formula is C24H24N6OS. The molecule has 4 aromatic rings. The maximum Gasteiger partial charge on any atom is 0.180 e. The van der Waals surface area contributed by atoms with Gasteiger partial charge in [0.05, 0.1) is 11.3 Å². The minimum absolute atomic E-state index is 0.0145. The van der Waals surface area contributed by atoms with E-state index in [9.17, 15) is 4.79 Å². The topological polar surface area (TPSA) is 88.2 Å². The number of aromatic nitrogens is 3. The van der Waals surface area contributed by atoms with E-state index < -0.39 is 0 Å². The molecule has 162 valence electrons. The van der Waals surface area contributed by atoms with Gasteiger partial charge in [-0.25, -0.2) is 9.97 Å². The molecule has 3 aromatic heterocycles. The molecule has 1 fully saturated rings. The van der Waals surface area contributed by atoms with Crippen molar-refractivity contribution in [3.63, 3.8) is 0 Å². The number of hydrogen-bond acceptors (Lipinski definition) is 8. The molecule has 5 rings (SSSR count). The number of carbonyl (C=O) groups excluding carboxylic acids is 1. The van der Waals surface area contributed by atoms with Crippen molar-refractivity contribution in [1.82, 2.24) is 19.9 Å². The minimum atomic E-state index is 0.0145. The Morgan fingerprint density at radius 1 is 0.969 bits per heavy atom. The third-order valence-corrected chi connectivity index (χ3v) is 6.70. The van der Waals surface area contributed by atoms with Crippen molar-refractivity contribution in [2.24, 2.45) is 0 Å². The molecule has 0 aliphatic carbocycles. The monoisotopic (exact) mass is 444 g/mol. The molecule has 1 aliphatic rings. The first kappa shape index (κ1) is 20.5. The number of anilines is 2. The van der Waals surface area contributed by atoms with Crippen LogP contribution in [0.3, 0.4) is 0 Å². The molecule has 8 heteroatoms. The van der Waals surface area contributed by atoms with E-state index in [0.29, 0.717) is 10.7 Å². The fourth-order valence-electron chi connectivity index (χ4n) is 3.90. The Kier molecular flexibility index (Phi) is 5.55. The molecule has 1 saturated heterocycles. The summed E-state index contributed by atoms with van der Waals surface area (Å²) in [6.07, 6.45) is 5.52. The van der Waals surface area contributed by atoms with Gasteiger partial charge < -0.3 is 15.5 Å². The number of nitrogens with two attached hydrogens (primary N) is 1. The number of fused-ring (bicyclic) bond motifs is 1. The Morgan fingerprint density at radius 3 is 2.53 bits per heavy atom. The quantitative estimate of drug-likeness (QED) is 0.471. The van der Waals surface area contributed by atoms with E-state index in [1.807, 2.05) is 36.5 Å². The molecule has 32 heavy (non-hydrogen) atoms. The highest BCUT2D eigenvalue weighted by Gasteiger charge is 2.16. The van der Waals surface area contributed by atoms with Gasteiger partial charge in [0.25, 0.3) is 0 Å². The zero-order valence-electron chi connectivity index (χ0n) is 17.9. The van der Waals surface area contributed by atoms with Gasteiger partial charge in [-0.1, -0.05) is 23.5 Å². The highest BCUT2D eigenvalue weighted by molar-refractivity contribution is 7.18. The van der Waals surface area contributed by atoms with Crippen LogP contribution >= 0.6 is 11.3 Å². The summed E-state index contributed by atoms with van der Waals surface area (Å²) < 4.78 is 0. The van der Waals surface area contributed by atoms with Gasteiger partial charge in [0, 0.05) is 61.4 Å². The smallest absolute Gasteiger partial charge is 0.180 e. The molecular weight excluding hydrogens is 420 g/mol. The Morgan fingerprint density at radius 2 is 1.81 bits per heavy atom. The van der Waals surface area contributed by atoms with Crippen LogP contribution in [-0.2, 0) is 6.42 Å². The van der Waals surface area contributed by atoms with Gasteiger partial charge in [-0.3, -0.25) is 9.78 Å². The Balaban J connectivity index is 1.31. The number of likely N-dealkylation sites (N-methyl/N-ethyl adjacent to an activating group) is 1. The molecule has 4 heterocycles. The number of nitrogens with zero attached hydrogens (tertiary/aromatic N) is 5. The van der Waals surface area contributed by atoms with Gasteiger partial charge in [-0.2, -0.15) is 0 Å². The molecule has 1 aromatic carbocycles. The number of Topliss-reactive ketones (excluding diaryl/α,β-unsaturated/α-hetero) is 1. The van der Waals surface area contributed by atoms with Crippen molar-refractivity contribution in [2.45, 2.75) is 6.42 Å². The number of nitrogen functional groups attached to an aromatic ring is 1. The van der Waals surface area contributed by atoms with E-state index in [2.05, 4.69) is 37.9 Å². The van der Waals surface area contributed by atoms with Crippen molar-refractivity contribution in [3.8, 4) is 10.4 Å². The molecule has 0 amide bonds. The first-order chi connectivity index (χ1) is 15.5. The SMILES string of the molecule is CN1CCN(c2ccc(C(=O)Cc3cc4cc(-c5cnc(N)s5)ccc4cn3)cn2)CC1. The summed E-state index contributed by atoms with van der Waals surface area (Å²) in [6.45, 7) is 3.95. The van der Waals surface area contributed by atoms with Crippen molar-refractivity contribution in [1.29, 1.82) is 0 Å². The second kappa shape index (κ2) is 8.64. The largest absolute Gasteiger partial charge is 0.375 e. The Labute approximate surface area is 190 Å². The predicted molar refractivity (Wildman–Crippen MR) is 129 cm³/mol. The summed E-state index contributed by atoms with van der Waals surface area (Å²) in [4.78, 5) is 31.6. The zero-order chi connectivity index (χ0) is 22.1. The van der Waals surface area contributed by atoms with Crippen molar-refractivity contribution < 1.29 is 4.79 Å². The molecule has 0 atom stereocenters. The first-order valence-corrected chi connectivity index (χ1v) is 11.4. The van der Waals surface area contributed by atoms with Crippen LogP contribution in [0, 0.1) is 0 Å². The Hall–Kier alpha value is -3.36. The van der Waals surface area contributed by atoms with E-state index in [1.165, 1.54) is 11.3 Å². The van der Waals surface area contributed by atoms with Gasteiger partial charge >= 0.3 is 0 Å². The van der Waals surface area contributed by atoms with Gasteiger partial charge in [-0.15, -0.1) is 0 Å². The highest BCUT2D eigenvalue weighted by Crippen LogP contribution is 2.30. The maximum absolute atomic E-state index is 12.9. The van der Waals surface area contributed by atoms with Crippen LogP contribution < -0.4 is 10.6 Å². The summed E-state index contributed by atoms with van der Waals surface area (Å²) in [7, 11) is 2.13. The normalized spacial score (nSPS) is 14.7. The molecule has 2 N–H and O–H groups in total. The zero-order valence-corrected chi connectivity index (χ0v) is 18.7. The number of thiazole rings is 1. The number of benzene rings is 1. The van der Waals surface area contributed by atoms with Crippen molar-refractivity contribution in [3.05, 3.63) is 66.2 Å². The van der Waals surface area contributed by atoms with E-state index in [1.54, 1.807) is 12.4 Å². The van der Waals surface area contributed by atoms with Gasteiger partial charge in [0.1, 0.15) is 5.82 Å². The lowest BCUT2D eigenvalue weighted by atomic mass is 10.0. The third-order valence-electron chi connectivity index (χ3n) is 5.83. The standard InChI is InChI=1S/C24H24N6OS/c1-29-6-8-30(9-7-29)23-5-4-18(14-27-23)21(31)12-20-11-19-10-16(2-3-17(19)13-26-20)22-15-28-24(25)32-22/h2-5,10-11,13-15H,6-9,12H2,1H3,(H2,25,28). The second-order valence-electron chi connectivity index (χ2n) is 8.10. The van der Waals surface area contributed by atoms with Crippen LogP contribution in [0.1, 0.15) is 16.1 Å². The number of ketones is 1. The predicted octanol–water partition coefficient (Wildman–Crippen LogP) is 3.51. The summed E-state index contributed by atoms with van der Waals surface area (Å²) >= 11 is 1.46. The lowest BCUT2D eigenvalue weighted by Gasteiger charge is -2.33. The van der Waals surface area contributed by atoms with Crippen LogP contribution in [0.5, 0.6) is 0 Å². The molecule has 1 aliphatic heterocycles. The molecule has 0 radical (unpaired) electrons. The van der Waals surface area contributed by atoms with E-state index >= 15 is 0 Å². The summed E-state index contributed by atoms with van der Waals surface area (Å²) in [5.74, 6) is 0.940. The van der Waals surface area contributed by atoms with Gasteiger partial charge in [-0.05, 0) is 42.3 Å². The van der Waals surface area contributed by atoms with Crippen molar-refractivity contribution >= 4 is 38.8 Å². The first-order valence-electron chi connectivity index (χ1n) is 10.6. The van der Waals surface area contributed by atoms with E-state index in [4.69, 9.17) is 5.73 Å². The van der Waals surface area contributed by atoms with Gasteiger partial charge in [0.15, 0.2) is 10.9 Å². The van der Waals surface area contributed by atoms with E-state index in [0.717, 1.165) is 58.9 Å². The maximum atomic E-state index is 12.9. The Bertz CT molecular complexity index is 1260. The summed E-state index contributed by atoms with van der Waals surface area (Å²) in [5, 5.41) is 2.62.